The summed E-state index contributed by atoms with van der Waals surface area (Å²) in [5.74, 6) is 0.937. The van der Waals surface area contributed by atoms with Gasteiger partial charge in [-0.2, -0.15) is 0 Å². The maximum atomic E-state index is 11.5. The van der Waals surface area contributed by atoms with Crippen LogP contribution in [0.15, 0.2) is 23.3 Å². The molecule has 0 fully saturated rings. The molecule has 1 nitrogen and oxygen atoms in total. The molecule has 1 aliphatic carbocycles. The first-order chi connectivity index (χ1) is 6.52. The van der Waals surface area contributed by atoms with Crippen LogP contribution in [0.2, 0.25) is 0 Å². The van der Waals surface area contributed by atoms with E-state index in [1.165, 1.54) is 11.1 Å². The van der Waals surface area contributed by atoms with Crippen molar-refractivity contribution in [2.75, 3.05) is 0 Å². The summed E-state index contributed by atoms with van der Waals surface area (Å²) in [5, 5.41) is 0. The van der Waals surface area contributed by atoms with Gasteiger partial charge in [0.15, 0.2) is 5.78 Å². The highest BCUT2D eigenvalue weighted by Crippen LogP contribution is 2.31. The van der Waals surface area contributed by atoms with E-state index < -0.39 is 0 Å². The van der Waals surface area contributed by atoms with Crippen LogP contribution in [0, 0.1) is 5.92 Å². The second-order valence-corrected chi connectivity index (χ2v) is 4.47. The van der Waals surface area contributed by atoms with E-state index in [0.717, 1.165) is 31.3 Å². The summed E-state index contributed by atoms with van der Waals surface area (Å²) in [7, 11) is 0. The minimum absolute atomic E-state index is 0.347. The van der Waals surface area contributed by atoms with Crippen molar-refractivity contribution in [3.8, 4) is 0 Å². The Hall–Kier alpha value is -0.850. The summed E-state index contributed by atoms with van der Waals surface area (Å²) >= 11 is 0. The minimum Gasteiger partial charge on any atom is -0.295 e. The zero-order valence-electron chi connectivity index (χ0n) is 9.52. The summed E-state index contributed by atoms with van der Waals surface area (Å²) < 4.78 is 0. The van der Waals surface area contributed by atoms with E-state index in [-0.39, 0.29) is 0 Å². The van der Waals surface area contributed by atoms with Gasteiger partial charge < -0.3 is 0 Å². The van der Waals surface area contributed by atoms with Crippen LogP contribution in [0.3, 0.4) is 0 Å². The first-order valence-electron chi connectivity index (χ1n) is 5.39. The second-order valence-electron chi connectivity index (χ2n) is 4.47. The van der Waals surface area contributed by atoms with Crippen molar-refractivity contribution < 1.29 is 4.79 Å². The number of ketones is 1. The molecule has 0 saturated carbocycles. The quantitative estimate of drug-likeness (QED) is 0.624. The zero-order chi connectivity index (χ0) is 10.7. The van der Waals surface area contributed by atoms with Crippen LogP contribution < -0.4 is 0 Å². The van der Waals surface area contributed by atoms with Gasteiger partial charge in [0.2, 0.25) is 0 Å². The number of rotatable bonds is 3. The Morgan fingerprint density at radius 3 is 2.79 bits per heavy atom. The molecule has 0 heterocycles. The maximum Gasteiger partial charge on any atom is 0.158 e. The first-order valence-corrected chi connectivity index (χ1v) is 5.39. The lowest BCUT2D eigenvalue weighted by Crippen LogP contribution is -2.16. The molecule has 0 saturated heterocycles. The van der Waals surface area contributed by atoms with Gasteiger partial charge in [-0.25, -0.2) is 0 Å². The van der Waals surface area contributed by atoms with Crippen molar-refractivity contribution in [2.24, 2.45) is 5.92 Å². The van der Waals surface area contributed by atoms with Crippen LogP contribution in [0.1, 0.15) is 46.5 Å². The maximum absolute atomic E-state index is 11.5. The lowest BCUT2D eigenvalue weighted by atomic mass is 9.81. The van der Waals surface area contributed by atoms with E-state index in [1.54, 1.807) is 0 Å². The van der Waals surface area contributed by atoms with Gasteiger partial charge in [-0.15, -0.1) is 6.58 Å². The van der Waals surface area contributed by atoms with Crippen LogP contribution in [-0.2, 0) is 4.79 Å². The van der Waals surface area contributed by atoms with Gasteiger partial charge in [-0.05, 0) is 44.6 Å². The number of carbonyl (C=O) groups excluding carboxylic acids is 1. The number of Topliss-reactive ketones (excluding diaryl/α,β-unsaturated/α-hetero) is 1. The molecule has 0 aliphatic heterocycles. The highest BCUT2D eigenvalue weighted by atomic mass is 16.1. The number of hydrogen-bond donors (Lipinski definition) is 0. The van der Waals surface area contributed by atoms with Crippen molar-refractivity contribution in [1.29, 1.82) is 0 Å². The fourth-order valence-corrected chi connectivity index (χ4v) is 2.04. The Balaban J connectivity index is 2.75. The predicted octanol–water partition coefficient (Wildman–Crippen LogP) is 3.66. The number of allylic oxidation sites excluding steroid dienone is 3. The molecule has 0 bridgehead atoms. The van der Waals surface area contributed by atoms with Gasteiger partial charge in [-0.3, -0.25) is 4.79 Å². The SMILES string of the molecule is C=C(C)CCC1=C(C)C(=O)CC[C@@H]1C. The second kappa shape index (κ2) is 4.59. The highest BCUT2D eigenvalue weighted by Gasteiger charge is 2.21. The van der Waals surface area contributed by atoms with Crippen LogP contribution in [-0.4, -0.2) is 5.78 Å². The van der Waals surface area contributed by atoms with E-state index in [9.17, 15) is 4.79 Å². The third kappa shape index (κ3) is 2.57. The Labute approximate surface area is 86.9 Å². The number of hydrogen-bond acceptors (Lipinski definition) is 1. The standard InChI is InChI=1S/C13H20O/c1-9(2)5-7-12-10(3)6-8-13(14)11(12)4/h10H,1,5-8H2,2-4H3/t10-/m0/s1. The molecular weight excluding hydrogens is 172 g/mol. The Kier molecular flexibility index (Phi) is 3.68. The lowest BCUT2D eigenvalue weighted by Gasteiger charge is -2.23. The summed E-state index contributed by atoms with van der Waals surface area (Å²) in [5.41, 5.74) is 3.59. The fourth-order valence-electron chi connectivity index (χ4n) is 2.04. The molecule has 0 radical (unpaired) electrons. The molecule has 0 aromatic heterocycles. The molecule has 0 amide bonds. The van der Waals surface area contributed by atoms with Crippen molar-refractivity contribution >= 4 is 5.78 Å². The van der Waals surface area contributed by atoms with Crippen LogP contribution in [0.5, 0.6) is 0 Å². The van der Waals surface area contributed by atoms with E-state index >= 15 is 0 Å². The van der Waals surface area contributed by atoms with Crippen molar-refractivity contribution in [3.63, 3.8) is 0 Å². The monoisotopic (exact) mass is 192 g/mol. The van der Waals surface area contributed by atoms with Crippen LogP contribution in [0.4, 0.5) is 0 Å². The van der Waals surface area contributed by atoms with E-state index in [4.69, 9.17) is 0 Å². The summed E-state index contributed by atoms with van der Waals surface area (Å²) in [6.45, 7) is 10.2. The Morgan fingerprint density at radius 2 is 2.21 bits per heavy atom. The third-order valence-corrected chi connectivity index (χ3v) is 3.12. The van der Waals surface area contributed by atoms with E-state index in [1.807, 2.05) is 13.8 Å². The van der Waals surface area contributed by atoms with Gasteiger partial charge in [-0.1, -0.05) is 18.1 Å². The lowest BCUT2D eigenvalue weighted by molar-refractivity contribution is -0.116. The minimum atomic E-state index is 0.347. The molecule has 1 aliphatic rings. The molecular formula is C13H20O. The average Bonchev–Trinajstić information content (AvgIpc) is 2.11. The molecule has 0 N–H and O–H groups in total. The summed E-state index contributed by atoms with van der Waals surface area (Å²) in [6.07, 6.45) is 3.81. The molecule has 1 rings (SSSR count). The smallest absolute Gasteiger partial charge is 0.158 e. The predicted molar refractivity (Wildman–Crippen MR) is 60.2 cm³/mol. The topological polar surface area (TPSA) is 17.1 Å². The highest BCUT2D eigenvalue weighted by molar-refractivity contribution is 5.96. The summed E-state index contributed by atoms with van der Waals surface area (Å²) in [6, 6.07) is 0. The van der Waals surface area contributed by atoms with Crippen LogP contribution in [0.25, 0.3) is 0 Å². The fraction of sp³-hybridized carbons (Fsp3) is 0.615. The molecule has 1 heteroatoms. The van der Waals surface area contributed by atoms with Gasteiger partial charge in [0.05, 0.1) is 0 Å². The van der Waals surface area contributed by atoms with Gasteiger partial charge in [0.25, 0.3) is 0 Å². The van der Waals surface area contributed by atoms with Gasteiger partial charge in [0, 0.05) is 6.42 Å². The zero-order valence-corrected chi connectivity index (χ0v) is 9.52. The molecule has 1 atom stereocenters. The molecule has 14 heavy (non-hydrogen) atoms. The Bertz CT molecular complexity index is 284. The van der Waals surface area contributed by atoms with E-state index in [2.05, 4.69) is 13.5 Å². The summed E-state index contributed by atoms with van der Waals surface area (Å²) in [4.78, 5) is 11.5. The van der Waals surface area contributed by atoms with Gasteiger partial charge >= 0.3 is 0 Å². The first kappa shape index (κ1) is 11.2. The number of carbonyl (C=O) groups is 1. The average molecular weight is 192 g/mol. The Morgan fingerprint density at radius 1 is 1.57 bits per heavy atom. The molecule has 0 unspecified atom stereocenters. The molecule has 78 valence electrons. The van der Waals surface area contributed by atoms with E-state index in [0.29, 0.717) is 11.7 Å². The molecule has 0 aromatic rings. The van der Waals surface area contributed by atoms with Crippen molar-refractivity contribution in [1.82, 2.24) is 0 Å². The molecule has 0 spiro atoms. The largest absolute Gasteiger partial charge is 0.295 e. The normalized spacial score (nSPS) is 22.8. The van der Waals surface area contributed by atoms with Gasteiger partial charge in [0.1, 0.15) is 0 Å². The molecule has 0 aromatic carbocycles. The third-order valence-electron chi connectivity index (χ3n) is 3.12. The van der Waals surface area contributed by atoms with Crippen LogP contribution >= 0.6 is 0 Å². The van der Waals surface area contributed by atoms with Crippen molar-refractivity contribution in [2.45, 2.75) is 46.5 Å². The van der Waals surface area contributed by atoms with Crippen molar-refractivity contribution in [3.05, 3.63) is 23.3 Å².